The molecule has 1 aromatic rings. The maximum absolute atomic E-state index is 11.7. The standard InChI is InChI=1S/C14H22N4O2/c1-14(2,3)20-13(19)17-11-6-7-18(9-11)12-5-4-10(15)8-16-12/h4-5,8,11H,6-7,9,15H2,1-3H3,(H,17,19). The fourth-order valence-electron chi connectivity index (χ4n) is 2.14. The highest BCUT2D eigenvalue weighted by molar-refractivity contribution is 5.68. The molecule has 1 atom stereocenters. The van der Waals surface area contributed by atoms with Crippen LogP contribution >= 0.6 is 0 Å². The van der Waals surface area contributed by atoms with Crippen molar-refractivity contribution in [1.82, 2.24) is 10.3 Å². The third kappa shape index (κ3) is 4.01. The summed E-state index contributed by atoms with van der Waals surface area (Å²) in [6, 6.07) is 3.81. The van der Waals surface area contributed by atoms with Gasteiger partial charge in [-0.2, -0.15) is 0 Å². The number of hydrogen-bond donors (Lipinski definition) is 2. The van der Waals surface area contributed by atoms with Gasteiger partial charge in [0, 0.05) is 13.1 Å². The minimum absolute atomic E-state index is 0.0872. The molecule has 2 rings (SSSR count). The number of nitrogens with two attached hydrogens (primary N) is 1. The zero-order chi connectivity index (χ0) is 14.8. The number of nitrogen functional groups attached to an aromatic ring is 1. The summed E-state index contributed by atoms with van der Waals surface area (Å²) < 4.78 is 5.26. The lowest BCUT2D eigenvalue weighted by molar-refractivity contribution is 0.0509. The van der Waals surface area contributed by atoms with Crippen molar-refractivity contribution in [1.29, 1.82) is 0 Å². The molecular weight excluding hydrogens is 256 g/mol. The highest BCUT2D eigenvalue weighted by atomic mass is 16.6. The molecule has 0 bridgehead atoms. The van der Waals surface area contributed by atoms with Gasteiger partial charge in [-0.05, 0) is 39.3 Å². The summed E-state index contributed by atoms with van der Waals surface area (Å²) in [5.41, 5.74) is 5.80. The van der Waals surface area contributed by atoms with E-state index < -0.39 is 5.60 Å². The Morgan fingerprint density at radius 1 is 1.50 bits per heavy atom. The first kappa shape index (κ1) is 14.4. The number of aromatic nitrogens is 1. The van der Waals surface area contributed by atoms with Crippen LogP contribution in [0, 0.1) is 0 Å². The molecule has 1 saturated heterocycles. The number of anilines is 2. The van der Waals surface area contributed by atoms with Crippen molar-refractivity contribution in [3.63, 3.8) is 0 Å². The fourth-order valence-corrected chi connectivity index (χ4v) is 2.14. The molecule has 6 nitrogen and oxygen atoms in total. The largest absolute Gasteiger partial charge is 0.444 e. The van der Waals surface area contributed by atoms with Gasteiger partial charge in [-0.1, -0.05) is 0 Å². The Balaban J connectivity index is 1.86. The number of ether oxygens (including phenoxy) is 1. The lowest BCUT2D eigenvalue weighted by atomic mass is 10.2. The summed E-state index contributed by atoms with van der Waals surface area (Å²) in [5, 5.41) is 2.89. The van der Waals surface area contributed by atoms with E-state index in [9.17, 15) is 4.79 Å². The predicted molar refractivity (Wildman–Crippen MR) is 78.6 cm³/mol. The lowest BCUT2D eigenvalue weighted by Crippen LogP contribution is -2.40. The van der Waals surface area contributed by atoms with Crippen molar-refractivity contribution in [3.05, 3.63) is 18.3 Å². The fraction of sp³-hybridized carbons (Fsp3) is 0.571. The Kier molecular flexibility index (Phi) is 4.01. The molecule has 0 aromatic carbocycles. The van der Waals surface area contributed by atoms with Crippen LogP contribution in [0.15, 0.2) is 18.3 Å². The molecule has 110 valence electrons. The van der Waals surface area contributed by atoms with Crippen LogP contribution in [-0.2, 0) is 4.74 Å². The van der Waals surface area contributed by atoms with Crippen molar-refractivity contribution < 1.29 is 9.53 Å². The Morgan fingerprint density at radius 3 is 2.85 bits per heavy atom. The summed E-state index contributed by atoms with van der Waals surface area (Å²) >= 11 is 0. The number of amides is 1. The van der Waals surface area contributed by atoms with Gasteiger partial charge in [-0.3, -0.25) is 0 Å². The summed E-state index contributed by atoms with van der Waals surface area (Å²) in [6.45, 7) is 7.15. The molecular formula is C14H22N4O2. The number of alkyl carbamates (subject to hydrolysis) is 1. The minimum Gasteiger partial charge on any atom is -0.444 e. The van der Waals surface area contributed by atoms with Gasteiger partial charge in [-0.15, -0.1) is 0 Å². The Morgan fingerprint density at radius 2 is 2.25 bits per heavy atom. The molecule has 1 aliphatic heterocycles. The van der Waals surface area contributed by atoms with E-state index >= 15 is 0 Å². The smallest absolute Gasteiger partial charge is 0.407 e. The first-order valence-corrected chi connectivity index (χ1v) is 6.79. The van der Waals surface area contributed by atoms with E-state index in [0.29, 0.717) is 5.69 Å². The first-order chi connectivity index (χ1) is 9.33. The van der Waals surface area contributed by atoms with Crippen molar-refractivity contribution in [2.45, 2.75) is 38.8 Å². The molecule has 0 radical (unpaired) electrons. The highest BCUT2D eigenvalue weighted by Gasteiger charge is 2.26. The van der Waals surface area contributed by atoms with Crippen LogP contribution < -0.4 is 16.0 Å². The van der Waals surface area contributed by atoms with Gasteiger partial charge in [0.25, 0.3) is 0 Å². The number of carbonyl (C=O) groups is 1. The Bertz CT molecular complexity index is 467. The van der Waals surface area contributed by atoms with Crippen molar-refractivity contribution in [2.75, 3.05) is 23.7 Å². The second-order valence-corrected chi connectivity index (χ2v) is 6.03. The second-order valence-electron chi connectivity index (χ2n) is 6.03. The quantitative estimate of drug-likeness (QED) is 0.861. The normalized spacial score (nSPS) is 18.9. The van der Waals surface area contributed by atoms with Gasteiger partial charge in [0.15, 0.2) is 0 Å². The van der Waals surface area contributed by atoms with Crippen LogP contribution in [0.3, 0.4) is 0 Å². The number of nitrogens with zero attached hydrogens (tertiary/aromatic N) is 2. The number of hydrogen-bond acceptors (Lipinski definition) is 5. The molecule has 1 amide bonds. The summed E-state index contributed by atoms with van der Waals surface area (Å²) in [7, 11) is 0. The molecule has 1 aromatic heterocycles. The highest BCUT2D eigenvalue weighted by Crippen LogP contribution is 2.19. The van der Waals surface area contributed by atoms with Gasteiger partial charge in [0.05, 0.1) is 17.9 Å². The molecule has 1 unspecified atom stereocenters. The average molecular weight is 278 g/mol. The van der Waals surface area contributed by atoms with Crippen molar-refractivity contribution >= 4 is 17.6 Å². The maximum Gasteiger partial charge on any atom is 0.407 e. The number of rotatable bonds is 2. The van der Waals surface area contributed by atoms with Crippen LogP contribution in [-0.4, -0.2) is 35.8 Å². The third-order valence-corrected chi connectivity index (χ3v) is 3.00. The zero-order valence-electron chi connectivity index (χ0n) is 12.2. The Labute approximate surface area is 119 Å². The van der Waals surface area contributed by atoms with E-state index in [2.05, 4.69) is 15.2 Å². The van der Waals surface area contributed by atoms with Gasteiger partial charge >= 0.3 is 6.09 Å². The number of pyridine rings is 1. The molecule has 3 N–H and O–H groups in total. The van der Waals surface area contributed by atoms with Gasteiger partial charge in [0.2, 0.25) is 0 Å². The third-order valence-electron chi connectivity index (χ3n) is 3.00. The van der Waals surface area contributed by atoms with E-state index in [4.69, 9.17) is 10.5 Å². The van der Waals surface area contributed by atoms with Crippen LogP contribution in [0.4, 0.5) is 16.3 Å². The van der Waals surface area contributed by atoms with Gasteiger partial charge in [0.1, 0.15) is 11.4 Å². The van der Waals surface area contributed by atoms with E-state index in [0.717, 1.165) is 25.3 Å². The summed E-state index contributed by atoms with van der Waals surface area (Å²) in [5.74, 6) is 0.882. The molecule has 1 aliphatic rings. The topological polar surface area (TPSA) is 80.5 Å². The van der Waals surface area contributed by atoms with Crippen LogP contribution in [0.5, 0.6) is 0 Å². The molecule has 6 heteroatoms. The molecule has 0 aliphatic carbocycles. The average Bonchev–Trinajstić information content (AvgIpc) is 2.75. The number of nitrogens with one attached hydrogen (secondary N) is 1. The molecule has 2 heterocycles. The SMILES string of the molecule is CC(C)(C)OC(=O)NC1CCN(c2ccc(N)cn2)C1. The monoisotopic (exact) mass is 278 g/mol. The summed E-state index contributed by atoms with van der Waals surface area (Å²) in [4.78, 5) is 18.1. The minimum atomic E-state index is -0.471. The molecule has 1 fully saturated rings. The number of carbonyl (C=O) groups excluding carboxylic acids is 1. The van der Waals surface area contributed by atoms with Crippen LogP contribution in [0.2, 0.25) is 0 Å². The Hall–Kier alpha value is -1.98. The maximum atomic E-state index is 11.7. The van der Waals surface area contributed by atoms with E-state index in [1.807, 2.05) is 32.9 Å². The van der Waals surface area contributed by atoms with E-state index in [1.165, 1.54) is 0 Å². The first-order valence-electron chi connectivity index (χ1n) is 6.79. The van der Waals surface area contributed by atoms with E-state index in [-0.39, 0.29) is 12.1 Å². The second kappa shape index (κ2) is 5.56. The van der Waals surface area contributed by atoms with Crippen LogP contribution in [0.1, 0.15) is 27.2 Å². The summed E-state index contributed by atoms with van der Waals surface area (Å²) in [6.07, 6.45) is 2.16. The lowest BCUT2D eigenvalue weighted by Gasteiger charge is -2.22. The van der Waals surface area contributed by atoms with Gasteiger partial charge < -0.3 is 20.7 Å². The zero-order valence-corrected chi connectivity index (χ0v) is 12.2. The predicted octanol–water partition coefficient (Wildman–Crippen LogP) is 1.77. The van der Waals surface area contributed by atoms with Crippen molar-refractivity contribution in [2.24, 2.45) is 0 Å². The van der Waals surface area contributed by atoms with Crippen molar-refractivity contribution in [3.8, 4) is 0 Å². The van der Waals surface area contributed by atoms with E-state index in [1.54, 1.807) is 6.20 Å². The molecule has 0 saturated carbocycles. The van der Waals surface area contributed by atoms with Gasteiger partial charge in [-0.25, -0.2) is 9.78 Å². The van der Waals surface area contributed by atoms with Crippen LogP contribution in [0.25, 0.3) is 0 Å². The molecule has 0 spiro atoms. The molecule has 20 heavy (non-hydrogen) atoms.